The van der Waals surface area contributed by atoms with Gasteiger partial charge in [-0.3, -0.25) is 0 Å². The highest BCUT2D eigenvalue weighted by Crippen LogP contribution is 2.32. The van der Waals surface area contributed by atoms with Gasteiger partial charge in [0.1, 0.15) is 23.0 Å². The van der Waals surface area contributed by atoms with Crippen molar-refractivity contribution in [3.8, 4) is 23.0 Å². The lowest BCUT2D eigenvalue weighted by Gasteiger charge is -2.13. The van der Waals surface area contributed by atoms with Gasteiger partial charge in [0.2, 0.25) is 0 Å². The topological polar surface area (TPSA) is 69.9 Å². The summed E-state index contributed by atoms with van der Waals surface area (Å²) in [4.78, 5) is 0. The third kappa shape index (κ3) is 4.28. The van der Waals surface area contributed by atoms with E-state index in [2.05, 4.69) is 0 Å². The normalized spacial score (nSPS) is 10.7. The summed E-state index contributed by atoms with van der Waals surface area (Å²) < 4.78 is 5.48. The molecule has 4 heteroatoms. The van der Waals surface area contributed by atoms with E-state index in [0.29, 0.717) is 12.2 Å². The van der Waals surface area contributed by atoms with Crippen LogP contribution in [0.25, 0.3) is 0 Å². The van der Waals surface area contributed by atoms with Gasteiger partial charge in [-0.2, -0.15) is 0 Å². The number of aryl methyl sites for hydroxylation is 2. The Hall–Kier alpha value is -3.14. The van der Waals surface area contributed by atoms with Gasteiger partial charge in [0, 0.05) is 12.0 Å². The van der Waals surface area contributed by atoms with Gasteiger partial charge in [-0.25, -0.2) is 0 Å². The SMILES string of the molecule is COc1cc(CCc2cccc(O)c2)cc(O)c1Cc1ccc(O)cc1. The molecular formula is C22H22O4. The minimum Gasteiger partial charge on any atom is -0.508 e. The van der Waals surface area contributed by atoms with Crippen molar-refractivity contribution < 1.29 is 20.1 Å². The Kier molecular flexibility index (Phi) is 5.32. The van der Waals surface area contributed by atoms with E-state index in [9.17, 15) is 15.3 Å². The predicted molar refractivity (Wildman–Crippen MR) is 101 cm³/mol. The van der Waals surface area contributed by atoms with Crippen LogP contribution >= 0.6 is 0 Å². The van der Waals surface area contributed by atoms with E-state index in [1.807, 2.05) is 30.3 Å². The molecule has 0 saturated carbocycles. The molecule has 0 amide bonds. The first kappa shape index (κ1) is 17.7. The molecule has 4 nitrogen and oxygen atoms in total. The molecule has 0 atom stereocenters. The highest BCUT2D eigenvalue weighted by molar-refractivity contribution is 5.50. The van der Waals surface area contributed by atoms with Crippen molar-refractivity contribution in [1.29, 1.82) is 0 Å². The van der Waals surface area contributed by atoms with Crippen molar-refractivity contribution in [1.82, 2.24) is 0 Å². The maximum absolute atomic E-state index is 10.5. The van der Waals surface area contributed by atoms with E-state index in [4.69, 9.17) is 4.74 Å². The van der Waals surface area contributed by atoms with Crippen LogP contribution in [0.2, 0.25) is 0 Å². The Morgan fingerprint density at radius 1 is 0.731 bits per heavy atom. The van der Waals surface area contributed by atoms with E-state index in [0.717, 1.165) is 35.1 Å². The number of methoxy groups -OCH3 is 1. The number of rotatable bonds is 6. The number of aromatic hydroxyl groups is 3. The molecule has 0 aliphatic heterocycles. The Labute approximate surface area is 153 Å². The molecule has 0 fully saturated rings. The minimum absolute atomic E-state index is 0.198. The third-order valence-corrected chi connectivity index (χ3v) is 4.40. The summed E-state index contributed by atoms with van der Waals surface area (Å²) in [5.74, 6) is 1.31. The molecule has 0 radical (unpaired) electrons. The summed E-state index contributed by atoms with van der Waals surface area (Å²) in [6, 6.07) is 17.8. The molecule has 0 bridgehead atoms. The smallest absolute Gasteiger partial charge is 0.126 e. The van der Waals surface area contributed by atoms with E-state index < -0.39 is 0 Å². The van der Waals surface area contributed by atoms with Gasteiger partial charge in [-0.1, -0.05) is 24.3 Å². The molecule has 0 aromatic heterocycles. The van der Waals surface area contributed by atoms with Crippen LogP contribution in [-0.2, 0) is 19.3 Å². The summed E-state index contributed by atoms with van der Waals surface area (Å²) in [5.41, 5.74) is 3.71. The number of benzene rings is 3. The number of hydrogen-bond donors (Lipinski definition) is 3. The lowest BCUT2D eigenvalue weighted by atomic mass is 9.98. The summed E-state index contributed by atoms with van der Waals surface area (Å²) in [6.07, 6.45) is 2.00. The summed E-state index contributed by atoms with van der Waals surface area (Å²) in [6.45, 7) is 0. The average Bonchev–Trinajstić information content (AvgIpc) is 2.63. The van der Waals surface area contributed by atoms with Crippen LogP contribution in [0, 0.1) is 0 Å². The van der Waals surface area contributed by atoms with Gasteiger partial charge in [-0.05, 0) is 65.9 Å². The fourth-order valence-corrected chi connectivity index (χ4v) is 3.01. The van der Waals surface area contributed by atoms with Crippen molar-refractivity contribution in [2.45, 2.75) is 19.3 Å². The molecule has 3 rings (SSSR count). The molecule has 0 unspecified atom stereocenters. The maximum atomic E-state index is 10.5. The number of phenols is 3. The second-order valence-electron chi connectivity index (χ2n) is 6.31. The van der Waals surface area contributed by atoms with Crippen LogP contribution in [-0.4, -0.2) is 22.4 Å². The fourth-order valence-electron chi connectivity index (χ4n) is 3.01. The van der Waals surface area contributed by atoms with E-state index in [1.54, 1.807) is 37.4 Å². The number of ether oxygens (including phenoxy) is 1. The molecule has 0 heterocycles. The average molecular weight is 350 g/mol. The highest BCUT2D eigenvalue weighted by atomic mass is 16.5. The standard InChI is InChI=1S/C22H22O4/c1-26-22-14-17(6-5-15-3-2-4-19(24)11-15)13-21(25)20(22)12-16-7-9-18(23)10-8-16/h2-4,7-11,13-14,23-25H,5-6,12H2,1H3. The lowest BCUT2D eigenvalue weighted by molar-refractivity contribution is 0.400. The molecule has 3 N–H and O–H groups in total. The van der Waals surface area contributed by atoms with Gasteiger partial charge in [0.15, 0.2) is 0 Å². The zero-order chi connectivity index (χ0) is 18.5. The first-order valence-electron chi connectivity index (χ1n) is 8.49. The Morgan fingerprint density at radius 3 is 2.15 bits per heavy atom. The third-order valence-electron chi connectivity index (χ3n) is 4.40. The summed E-state index contributed by atoms with van der Waals surface area (Å²) in [7, 11) is 1.59. The number of phenolic OH excluding ortho intramolecular Hbond substituents is 3. The molecule has 3 aromatic carbocycles. The quantitative estimate of drug-likeness (QED) is 0.623. The molecule has 26 heavy (non-hydrogen) atoms. The van der Waals surface area contributed by atoms with Gasteiger partial charge in [0.25, 0.3) is 0 Å². The Morgan fingerprint density at radius 2 is 1.46 bits per heavy atom. The molecule has 134 valence electrons. The largest absolute Gasteiger partial charge is 0.508 e. The first-order valence-corrected chi connectivity index (χ1v) is 8.49. The molecular weight excluding hydrogens is 328 g/mol. The molecule has 0 spiro atoms. The molecule has 0 saturated heterocycles. The zero-order valence-electron chi connectivity index (χ0n) is 14.6. The fraction of sp³-hybridized carbons (Fsp3) is 0.182. The first-order chi connectivity index (χ1) is 12.5. The van der Waals surface area contributed by atoms with Crippen LogP contribution < -0.4 is 4.74 Å². The van der Waals surface area contributed by atoms with E-state index in [1.165, 1.54) is 0 Å². The second kappa shape index (κ2) is 7.83. The Bertz CT molecular complexity index is 885. The molecule has 0 aliphatic rings. The van der Waals surface area contributed by atoms with Gasteiger partial charge in [-0.15, -0.1) is 0 Å². The minimum atomic E-state index is 0.198. The second-order valence-corrected chi connectivity index (χ2v) is 6.31. The monoisotopic (exact) mass is 350 g/mol. The van der Waals surface area contributed by atoms with Crippen LogP contribution in [0.3, 0.4) is 0 Å². The molecule has 3 aromatic rings. The van der Waals surface area contributed by atoms with Gasteiger partial charge >= 0.3 is 0 Å². The van der Waals surface area contributed by atoms with E-state index in [-0.39, 0.29) is 17.2 Å². The van der Waals surface area contributed by atoms with Crippen molar-refractivity contribution >= 4 is 0 Å². The van der Waals surface area contributed by atoms with Crippen LogP contribution in [0.1, 0.15) is 22.3 Å². The highest BCUT2D eigenvalue weighted by Gasteiger charge is 2.12. The molecule has 0 aliphatic carbocycles. The predicted octanol–water partition coefficient (Wildman–Crippen LogP) is 4.19. The summed E-state index contributed by atoms with van der Waals surface area (Å²) >= 11 is 0. The zero-order valence-corrected chi connectivity index (χ0v) is 14.6. The van der Waals surface area contributed by atoms with Crippen LogP contribution in [0.4, 0.5) is 0 Å². The van der Waals surface area contributed by atoms with Crippen molar-refractivity contribution in [2.24, 2.45) is 0 Å². The van der Waals surface area contributed by atoms with Crippen molar-refractivity contribution in [3.63, 3.8) is 0 Å². The number of hydrogen-bond acceptors (Lipinski definition) is 4. The Balaban J connectivity index is 1.79. The van der Waals surface area contributed by atoms with E-state index >= 15 is 0 Å². The lowest BCUT2D eigenvalue weighted by Crippen LogP contribution is -1.98. The van der Waals surface area contributed by atoms with Crippen LogP contribution in [0.15, 0.2) is 60.7 Å². The summed E-state index contributed by atoms with van der Waals surface area (Å²) in [5, 5.41) is 29.4. The van der Waals surface area contributed by atoms with Crippen molar-refractivity contribution in [3.05, 3.63) is 82.9 Å². The van der Waals surface area contributed by atoms with Crippen LogP contribution in [0.5, 0.6) is 23.0 Å². The van der Waals surface area contributed by atoms with Crippen molar-refractivity contribution in [2.75, 3.05) is 7.11 Å². The van der Waals surface area contributed by atoms with Gasteiger partial charge < -0.3 is 20.1 Å². The van der Waals surface area contributed by atoms with Gasteiger partial charge in [0.05, 0.1) is 7.11 Å². The maximum Gasteiger partial charge on any atom is 0.126 e.